The molecule has 0 rings (SSSR count). The molecule has 1 amide bonds. The van der Waals surface area contributed by atoms with Gasteiger partial charge in [0, 0.05) is 12.5 Å². The van der Waals surface area contributed by atoms with Gasteiger partial charge in [-0.3, -0.25) is 4.79 Å². The third-order valence-electron chi connectivity index (χ3n) is 1.77. The summed E-state index contributed by atoms with van der Waals surface area (Å²) < 4.78 is 0. The minimum absolute atomic E-state index is 0.0313. The van der Waals surface area contributed by atoms with E-state index in [0.29, 0.717) is 13.0 Å². The summed E-state index contributed by atoms with van der Waals surface area (Å²) in [4.78, 5) is 11.0. The van der Waals surface area contributed by atoms with Crippen LogP contribution in [0.4, 0.5) is 0 Å². The smallest absolute Gasteiger partial charge is 0.222 e. The molecule has 0 aliphatic heterocycles. The van der Waals surface area contributed by atoms with Gasteiger partial charge in [-0.25, -0.2) is 0 Å². The highest BCUT2D eigenvalue weighted by molar-refractivity contribution is 5.77. The van der Waals surface area contributed by atoms with Crippen LogP contribution in [0, 0.1) is 5.92 Å². The lowest BCUT2D eigenvalue weighted by atomic mass is 10.2. The standard InChI is InChI=1S/C9H19NO2/c1-4-8(11)5-6-10-9(12)7(2)3/h7-8,11H,4-6H2,1-3H3,(H,10,12). The number of rotatable bonds is 5. The molecule has 0 radical (unpaired) electrons. The van der Waals surface area contributed by atoms with E-state index in [0.717, 1.165) is 6.42 Å². The van der Waals surface area contributed by atoms with Crippen LogP contribution in [0.15, 0.2) is 0 Å². The number of amides is 1. The highest BCUT2D eigenvalue weighted by Crippen LogP contribution is 1.95. The van der Waals surface area contributed by atoms with Gasteiger partial charge in [0.2, 0.25) is 5.91 Å². The van der Waals surface area contributed by atoms with E-state index in [1.807, 2.05) is 20.8 Å². The van der Waals surface area contributed by atoms with Crippen LogP contribution in [0.5, 0.6) is 0 Å². The Hall–Kier alpha value is -0.570. The molecule has 0 aromatic carbocycles. The maximum Gasteiger partial charge on any atom is 0.222 e. The van der Waals surface area contributed by atoms with Gasteiger partial charge in [0.05, 0.1) is 6.10 Å². The van der Waals surface area contributed by atoms with E-state index in [9.17, 15) is 4.79 Å². The third-order valence-corrected chi connectivity index (χ3v) is 1.77. The Labute approximate surface area is 74.2 Å². The van der Waals surface area contributed by atoms with Gasteiger partial charge >= 0.3 is 0 Å². The van der Waals surface area contributed by atoms with Crippen molar-refractivity contribution in [2.24, 2.45) is 5.92 Å². The number of carbonyl (C=O) groups excluding carboxylic acids is 1. The van der Waals surface area contributed by atoms with Crippen LogP contribution in [0.25, 0.3) is 0 Å². The van der Waals surface area contributed by atoms with Crippen LogP contribution < -0.4 is 5.32 Å². The van der Waals surface area contributed by atoms with E-state index in [4.69, 9.17) is 5.11 Å². The first kappa shape index (κ1) is 11.4. The first-order valence-corrected chi connectivity index (χ1v) is 4.53. The average Bonchev–Trinajstić information content (AvgIpc) is 2.03. The van der Waals surface area contributed by atoms with Gasteiger partial charge < -0.3 is 10.4 Å². The van der Waals surface area contributed by atoms with Gasteiger partial charge in [-0.1, -0.05) is 20.8 Å². The molecule has 0 fully saturated rings. The summed E-state index contributed by atoms with van der Waals surface area (Å²) in [5.74, 6) is 0.0853. The van der Waals surface area contributed by atoms with E-state index in [2.05, 4.69) is 5.32 Å². The zero-order valence-corrected chi connectivity index (χ0v) is 8.13. The number of carbonyl (C=O) groups is 1. The van der Waals surface area contributed by atoms with Crippen molar-refractivity contribution in [3.8, 4) is 0 Å². The van der Waals surface area contributed by atoms with Crippen molar-refractivity contribution >= 4 is 5.91 Å². The number of aliphatic hydroxyl groups excluding tert-OH is 1. The predicted molar refractivity (Wildman–Crippen MR) is 48.8 cm³/mol. The van der Waals surface area contributed by atoms with E-state index in [-0.39, 0.29) is 17.9 Å². The Balaban J connectivity index is 3.37. The lowest BCUT2D eigenvalue weighted by Crippen LogP contribution is -2.30. The summed E-state index contributed by atoms with van der Waals surface area (Å²) in [6.45, 7) is 6.21. The van der Waals surface area contributed by atoms with Crippen LogP contribution >= 0.6 is 0 Å². The van der Waals surface area contributed by atoms with E-state index in [1.54, 1.807) is 0 Å². The predicted octanol–water partition coefficient (Wildman–Crippen LogP) is 0.920. The van der Waals surface area contributed by atoms with Gasteiger partial charge in [0.25, 0.3) is 0 Å². The largest absolute Gasteiger partial charge is 0.393 e. The third kappa shape index (κ3) is 5.13. The van der Waals surface area contributed by atoms with Crippen LogP contribution in [-0.4, -0.2) is 23.7 Å². The Bertz CT molecular complexity index is 134. The van der Waals surface area contributed by atoms with Crippen molar-refractivity contribution in [2.45, 2.75) is 39.7 Å². The number of hydrogen-bond acceptors (Lipinski definition) is 2. The topological polar surface area (TPSA) is 49.3 Å². The molecule has 1 unspecified atom stereocenters. The fourth-order valence-electron chi connectivity index (χ4n) is 0.770. The first-order valence-electron chi connectivity index (χ1n) is 4.53. The Morgan fingerprint density at radius 1 is 1.50 bits per heavy atom. The molecular weight excluding hydrogens is 154 g/mol. The fourth-order valence-corrected chi connectivity index (χ4v) is 0.770. The van der Waals surface area contributed by atoms with Gasteiger partial charge in [-0.15, -0.1) is 0 Å². The summed E-state index contributed by atoms with van der Waals surface area (Å²) in [5, 5.41) is 11.9. The molecule has 0 aromatic heterocycles. The zero-order chi connectivity index (χ0) is 9.56. The van der Waals surface area contributed by atoms with Crippen molar-refractivity contribution in [1.82, 2.24) is 5.32 Å². The molecule has 3 nitrogen and oxygen atoms in total. The molecule has 0 saturated carbocycles. The second-order valence-corrected chi connectivity index (χ2v) is 3.30. The average molecular weight is 173 g/mol. The normalized spacial score (nSPS) is 13.1. The summed E-state index contributed by atoms with van der Waals surface area (Å²) in [6.07, 6.45) is 1.12. The monoisotopic (exact) mass is 173 g/mol. The minimum atomic E-state index is -0.280. The maximum atomic E-state index is 11.0. The molecule has 0 aromatic rings. The van der Waals surface area contributed by atoms with Crippen LogP contribution in [-0.2, 0) is 4.79 Å². The zero-order valence-electron chi connectivity index (χ0n) is 8.13. The molecule has 0 aliphatic carbocycles. The Morgan fingerprint density at radius 2 is 2.08 bits per heavy atom. The quantitative estimate of drug-likeness (QED) is 0.649. The van der Waals surface area contributed by atoms with Crippen molar-refractivity contribution in [3.63, 3.8) is 0 Å². The maximum absolute atomic E-state index is 11.0. The lowest BCUT2D eigenvalue weighted by Gasteiger charge is -2.09. The molecule has 12 heavy (non-hydrogen) atoms. The molecule has 0 heterocycles. The molecule has 0 saturated heterocycles. The summed E-state index contributed by atoms with van der Waals surface area (Å²) in [5.41, 5.74) is 0. The Morgan fingerprint density at radius 3 is 2.50 bits per heavy atom. The van der Waals surface area contributed by atoms with Gasteiger partial charge in [-0.05, 0) is 12.8 Å². The highest BCUT2D eigenvalue weighted by Gasteiger charge is 2.06. The fraction of sp³-hybridized carbons (Fsp3) is 0.889. The van der Waals surface area contributed by atoms with Crippen molar-refractivity contribution in [3.05, 3.63) is 0 Å². The molecule has 3 heteroatoms. The van der Waals surface area contributed by atoms with Crippen LogP contribution in [0.1, 0.15) is 33.6 Å². The first-order chi connectivity index (χ1) is 5.57. The van der Waals surface area contributed by atoms with Crippen molar-refractivity contribution < 1.29 is 9.90 Å². The molecule has 1 atom stereocenters. The second kappa shape index (κ2) is 6.00. The molecule has 2 N–H and O–H groups in total. The SMILES string of the molecule is CCC(O)CCNC(=O)C(C)C. The number of nitrogens with one attached hydrogen (secondary N) is 1. The van der Waals surface area contributed by atoms with Gasteiger partial charge in [-0.2, -0.15) is 0 Å². The molecular formula is C9H19NO2. The van der Waals surface area contributed by atoms with Crippen molar-refractivity contribution in [2.75, 3.05) is 6.54 Å². The summed E-state index contributed by atoms with van der Waals surface area (Å²) in [7, 11) is 0. The van der Waals surface area contributed by atoms with Crippen molar-refractivity contribution in [1.29, 1.82) is 0 Å². The van der Waals surface area contributed by atoms with E-state index in [1.165, 1.54) is 0 Å². The molecule has 0 spiro atoms. The highest BCUT2D eigenvalue weighted by atomic mass is 16.3. The van der Waals surface area contributed by atoms with Crippen LogP contribution in [0.3, 0.4) is 0 Å². The van der Waals surface area contributed by atoms with Crippen LogP contribution in [0.2, 0.25) is 0 Å². The lowest BCUT2D eigenvalue weighted by molar-refractivity contribution is -0.124. The number of hydrogen-bond donors (Lipinski definition) is 2. The van der Waals surface area contributed by atoms with Gasteiger partial charge in [0.1, 0.15) is 0 Å². The Kier molecular flexibility index (Phi) is 5.72. The molecule has 72 valence electrons. The van der Waals surface area contributed by atoms with E-state index >= 15 is 0 Å². The number of aliphatic hydroxyl groups is 1. The summed E-state index contributed by atoms with van der Waals surface area (Å²) in [6, 6.07) is 0. The molecule has 0 bridgehead atoms. The molecule has 0 aliphatic rings. The second-order valence-electron chi connectivity index (χ2n) is 3.30. The van der Waals surface area contributed by atoms with Gasteiger partial charge in [0.15, 0.2) is 0 Å². The summed E-state index contributed by atoms with van der Waals surface area (Å²) >= 11 is 0. The minimum Gasteiger partial charge on any atom is -0.393 e. The van der Waals surface area contributed by atoms with E-state index < -0.39 is 0 Å².